The summed E-state index contributed by atoms with van der Waals surface area (Å²) < 4.78 is 1.77. The number of nitrogens with zero attached hydrogens (tertiary/aromatic N) is 3. The number of aromatic nitrogens is 3. The molecule has 1 aliphatic heterocycles. The van der Waals surface area contributed by atoms with Gasteiger partial charge in [-0.1, -0.05) is 23.7 Å². The van der Waals surface area contributed by atoms with Crippen molar-refractivity contribution < 1.29 is 9.59 Å². The Kier molecular flexibility index (Phi) is 5.22. The van der Waals surface area contributed by atoms with Crippen molar-refractivity contribution in [1.82, 2.24) is 14.8 Å². The Hall–Kier alpha value is -3.32. The Morgan fingerprint density at radius 3 is 2.93 bits per heavy atom. The number of allylic oxidation sites excluding steroid dienone is 1. The molecule has 2 aromatic heterocycles. The van der Waals surface area contributed by atoms with Gasteiger partial charge in [0.2, 0.25) is 11.8 Å². The van der Waals surface area contributed by atoms with Crippen LogP contribution in [-0.2, 0) is 16.1 Å². The number of rotatable bonds is 5. The van der Waals surface area contributed by atoms with Gasteiger partial charge in [0, 0.05) is 42.0 Å². The summed E-state index contributed by atoms with van der Waals surface area (Å²) in [6.45, 7) is 2.52. The lowest BCUT2D eigenvalue weighted by Crippen LogP contribution is -2.30. The van der Waals surface area contributed by atoms with Crippen LogP contribution in [0, 0.1) is 6.92 Å². The number of halogens is 1. The van der Waals surface area contributed by atoms with Crippen molar-refractivity contribution in [3.05, 3.63) is 65.6 Å². The highest BCUT2D eigenvalue weighted by Gasteiger charge is 2.21. The van der Waals surface area contributed by atoms with Crippen molar-refractivity contribution in [1.29, 1.82) is 0 Å². The Labute approximate surface area is 173 Å². The maximum absolute atomic E-state index is 12.6. The number of hydrogen-bond acceptors (Lipinski definition) is 3. The van der Waals surface area contributed by atoms with Gasteiger partial charge in [-0.25, -0.2) is 4.68 Å². The molecule has 0 spiro atoms. The van der Waals surface area contributed by atoms with Gasteiger partial charge in [0.25, 0.3) is 0 Å². The number of H-pyrrole nitrogens is 1. The van der Waals surface area contributed by atoms with E-state index >= 15 is 0 Å². The highest BCUT2D eigenvalue weighted by atomic mass is 35.5. The maximum Gasteiger partial charge on any atom is 0.232 e. The minimum Gasteiger partial charge on any atom is -0.359 e. The van der Waals surface area contributed by atoms with Crippen molar-refractivity contribution in [3.63, 3.8) is 0 Å². The van der Waals surface area contributed by atoms with Gasteiger partial charge >= 0.3 is 0 Å². The molecular formula is C21H20ClN5O2. The van der Waals surface area contributed by atoms with Crippen LogP contribution in [0.15, 0.2) is 54.9 Å². The average Bonchev–Trinajstić information content (AvgIpc) is 3.31. The van der Waals surface area contributed by atoms with Gasteiger partial charge in [0.1, 0.15) is 5.82 Å². The van der Waals surface area contributed by atoms with Crippen LogP contribution < -0.4 is 10.2 Å². The van der Waals surface area contributed by atoms with Crippen molar-refractivity contribution in [2.24, 2.45) is 0 Å². The van der Waals surface area contributed by atoms with E-state index in [1.807, 2.05) is 43.3 Å². The Morgan fingerprint density at radius 2 is 2.10 bits per heavy atom. The van der Waals surface area contributed by atoms with Crippen LogP contribution in [0.2, 0.25) is 5.02 Å². The summed E-state index contributed by atoms with van der Waals surface area (Å²) in [5.74, 6) is 0.360. The standard InChI is InChI=1S/C21H20ClN5O2/c1-14-10-20-26(8-3-9-27(20)25-14)21(29)7-6-19(28)24-17-12-18(23-13-17)15-4-2-5-16(22)11-15/h2-5,8,10-13,23H,6-7,9H2,1H3,(H,24,28). The summed E-state index contributed by atoms with van der Waals surface area (Å²) in [5, 5.41) is 7.81. The van der Waals surface area contributed by atoms with Crippen LogP contribution in [0.1, 0.15) is 18.5 Å². The zero-order chi connectivity index (χ0) is 20.4. The van der Waals surface area contributed by atoms with E-state index in [4.69, 9.17) is 11.6 Å². The molecule has 0 atom stereocenters. The number of benzene rings is 1. The molecule has 2 N–H and O–H groups in total. The summed E-state index contributed by atoms with van der Waals surface area (Å²) >= 11 is 6.02. The Balaban J connectivity index is 1.34. The van der Waals surface area contributed by atoms with E-state index in [1.54, 1.807) is 28.0 Å². The summed E-state index contributed by atoms with van der Waals surface area (Å²) in [4.78, 5) is 29.5. The van der Waals surface area contributed by atoms with E-state index in [1.165, 1.54) is 0 Å². The number of aromatic amines is 1. The molecule has 4 rings (SSSR count). The molecule has 148 valence electrons. The molecule has 0 radical (unpaired) electrons. The van der Waals surface area contributed by atoms with E-state index in [9.17, 15) is 9.59 Å². The molecule has 0 unspecified atom stereocenters. The monoisotopic (exact) mass is 409 g/mol. The molecule has 0 fully saturated rings. The van der Waals surface area contributed by atoms with E-state index in [-0.39, 0.29) is 24.7 Å². The molecule has 0 bridgehead atoms. The smallest absolute Gasteiger partial charge is 0.232 e. The second-order valence-corrected chi connectivity index (χ2v) is 7.27. The normalized spacial score (nSPS) is 12.7. The lowest BCUT2D eigenvalue weighted by molar-refractivity contribution is -0.122. The zero-order valence-electron chi connectivity index (χ0n) is 15.9. The zero-order valence-corrected chi connectivity index (χ0v) is 16.6. The van der Waals surface area contributed by atoms with Gasteiger partial charge in [-0.05, 0) is 36.8 Å². The third kappa shape index (κ3) is 4.25. The molecule has 3 aromatic rings. The molecule has 7 nitrogen and oxygen atoms in total. The number of carbonyl (C=O) groups is 2. The molecule has 8 heteroatoms. The Bertz CT molecular complexity index is 1100. The number of aryl methyl sites for hydroxylation is 1. The fraction of sp³-hybridized carbons (Fsp3) is 0.190. The van der Waals surface area contributed by atoms with E-state index < -0.39 is 0 Å². The molecule has 0 saturated heterocycles. The van der Waals surface area contributed by atoms with Crippen LogP contribution in [-0.4, -0.2) is 26.6 Å². The summed E-state index contributed by atoms with van der Waals surface area (Å²) in [5.41, 5.74) is 3.27. The molecule has 0 saturated carbocycles. The van der Waals surface area contributed by atoms with Crippen LogP contribution in [0.25, 0.3) is 11.3 Å². The number of carbonyl (C=O) groups excluding carboxylic acids is 2. The van der Waals surface area contributed by atoms with Gasteiger partial charge in [-0.2, -0.15) is 5.10 Å². The quantitative estimate of drug-likeness (QED) is 0.664. The first-order valence-corrected chi connectivity index (χ1v) is 9.65. The fourth-order valence-electron chi connectivity index (χ4n) is 3.25. The van der Waals surface area contributed by atoms with Crippen LogP contribution in [0.5, 0.6) is 0 Å². The summed E-state index contributed by atoms with van der Waals surface area (Å²) in [7, 11) is 0. The number of fused-ring (bicyclic) bond motifs is 1. The van der Waals surface area contributed by atoms with Gasteiger partial charge in [0.05, 0.1) is 17.9 Å². The minimum absolute atomic E-state index is 0.0912. The first kappa shape index (κ1) is 19.0. The molecule has 1 aromatic carbocycles. The molecule has 29 heavy (non-hydrogen) atoms. The number of hydrogen-bond donors (Lipinski definition) is 2. The van der Waals surface area contributed by atoms with Crippen molar-refractivity contribution in [2.45, 2.75) is 26.3 Å². The van der Waals surface area contributed by atoms with Gasteiger partial charge < -0.3 is 10.3 Å². The van der Waals surface area contributed by atoms with Crippen LogP contribution in [0.4, 0.5) is 11.5 Å². The van der Waals surface area contributed by atoms with Gasteiger partial charge in [0.15, 0.2) is 0 Å². The van der Waals surface area contributed by atoms with E-state index in [0.717, 1.165) is 22.8 Å². The largest absolute Gasteiger partial charge is 0.359 e. The Morgan fingerprint density at radius 1 is 1.24 bits per heavy atom. The molecule has 1 aliphatic rings. The third-order valence-electron chi connectivity index (χ3n) is 4.60. The van der Waals surface area contributed by atoms with E-state index in [2.05, 4.69) is 15.4 Å². The highest BCUT2D eigenvalue weighted by molar-refractivity contribution is 6.30. The summed E-state index contributed by atoms with van der Waals surface area (Å²) in [6.07, 6.45) is 5.51. The predicted molar refractivity (Wildman–Crippen MR) is 113 cm³/mol. The topological polar surface area (TPSA) is 83.0 Å². The van der Waals surface area contributed by atoms with Gasteiger partial charge in [-0.15, -0.1) is 0 Å². The molecule has 3 heterocycles. The first-order valence-electron chi connectivity index (χ1n) is 9.27. The van der Waals surface area contributed by atoms with Crippen molar-refractivity contribution in [2.75, 3.05) is 10.2 Å². The first-order chi connectivity index (χ1) is 14.0. The van der Waals surface area contributed by atoms with Crippen molar-refractivity contribution in [3.8, 4) is 11.3 Å². The highest BCUT2D eigenvalue weighted by Crippen LogP contribution is 2.25. The third-order valence-corrected chi connectivity index (χ3v) is 4.83. The summed E-state index contributed by atoms with van der Waals surface area (Å²) in [6, 6.07) is 11.1. The second kappa shape index (κ2) is 7.97. The second-order valence-electron chi connectivity index (χ2n) is 6.84. The van der Waals surface area contributed by atoms with Crippen LogP contribution in [0.3, 0.4) is 0 Å². The van der Waals surface area contributed by atoms with Gasteiger partial charge in [-0.3, -0.25) is 14.5 Å². The lowest BCUT2D eigenvalue weighted by Gasteiger charge is -2.22. The SMILES string of the molecule is Cc1cc2n(n1)CC=CN2C(=O)CCC(=O)Nc1c[nH]c(-c2cccc(Cl)c2)c1. The molecule has 0 aliphatic carbocycles. The number of nitrogens with one attached hydrogen (secondary N) is 2. The van der Waals surface area contributed by atoms with Crippen LogP contribution >= 0.6 is 11.6 Å². The lowest BCUT2D eigenvalue weighted by atomic mass is 10.1. The number of anilines is 2. The maximum atomic E-state index is 12.6. The molecular weight excluding hydrogens is 390 g/mol. The minimum atomic E-state index is -0.222. The number of amides is 2. The predicted octanol–water partition coefficient (Wildman–Crippen LogP) is 4.12. The van der Waals surface area contributed by atoms with E-state index in [0.29, 0.717) is 17.3 Å². The fourth-order valence-corrected chi connectivity index (χ4v) is 3.44. The van der Waals surface area contributed by atoms with Crippen molar-refractivity contribution >= 4 is 34.9 Å². The average molecular weight is 410 g/mol. The molecule has 2 amide bonds.